The Hall–Kier alpha value is -0.810. The molecule has 9 heteroatoms. The zero-order valence-electron chi connectivity index (χ0n) is 24.6. The van der Waals surface area contributed by atoms with Crippen molar-refractivity contribution in [3.63, 3.8) is 0 Å². The molecule has 0 radical (unpaired) electrons. The molecule has 0 amide bonds. The summed E-state index contributed by atoms with van der Waals surface area (Å²) in [4.78, 5) is 10.9. The molecule has 0 aliphatic heterocycles. The van der Waals surface area contributed by atoms with E-state index in [1.807, 2.05) is 0 Å². The van der Waals surface area contributed by atoms with Gasteiger partial charge in [0.2, 0.25) is 0 Å². The second kappa shape index (κ2) is 34.2. The lowest BCUT2D eigenvalue weighted by atomic mass is 10.1. The lowest BCUT2D eigenvalue weighted by Crippen LogP contribution is -2.14. The molecule has 0 unspecified atom stereocenters. The minimum atomic E-state index is -0.275. The van der Waals surface area contributed by atoms with E-state index in [1.54, 1.807) is 0 Å². The van der Waals surface area contributed by atoms with Gasteiger partial charge in [-0.1, -0.05) is 71.1 Å². The Kier molecular flexibility index (Phi) is 33.5. The van der Waals surface area contributed by atoms with Crippen LogP contribution in [0.5, 0.6) is 0 Å². The molecular weight excluding hydrogens is 492 g/mol. The summed E-state index contributed by atoms with van der Waals surface area (Å²) in [5.41, 5.74) is 0. The Labute approximate surface area is 232 Å². The predicted octanol–water partition coefficient (Wildman–Crippen LogP) is 4.98. The van der Waals surface area contributed by atoms with Crippen LogP contribution in [0.4, 0.5) is 0 Å². The highest BCUT2D eigenvalue weighted by atomic mass is 16.6. The first-order valence-electron chi connectivity index (χ1n) is 14.9. The molecule has 0 aliphatic rings. The molecule has 0 aromatic carbocycles. The summed E-state index contributed by atoms with van der Waals surface area (Å²) in [7, 11) is 1.36. The Bertz CT molecular complexity index is 452. The van der Waals surface area contributed by atoms with Crippen LogP contribution in [0.3, 0.4) is 0 Å². The van der Waals surface area contributed by atoms with Crippen molar-refractivity contribution in [3.05, 3.63) is 0 Å². The third-order valence-electron chi connectivity index (χ3n) is 5.80. The Morgan fingerprint density at radius 2 is 0.684 bits per heavy atom. The SMILES string of the molecule is CCCCCCCCCCCCCOCCOCCOCCOCCOCCOCCOCCC(=O)OC. The van der Waals surface area contributed by atoms with Gasteiger partial charge < -0.3 is 37.9 Å². The third-order valence-corrected chi connectivity index (χ3v) is 5.80. The second-order valence-corrected chi connectivity index (χ2v) is 9.15. The van der Waals surface area contributed by atoms with Crippen LogP contribution in [-0.4, -0.2) is 106 Å². The fourth-order valence-corrected chi connectivity index (χ4v) is 3.55. The maximum atomic E-state index is 10.9. The van der Waals surface area contributed by atoms with Crippen molar-refractivity contribution in [2.24, 2.45) is 0 Å². The third kappa shape index (κ3) is 33.2. The summed E-state index contributed by atoms with van der Waals surface area (Å²) in [6.45, 7) is 9.85. The minimum Gasteiger partial charge on any atom is -0.469 e. The van der Waals surface area contributed by atoms with Gasteiger partial charge in [0.25, 0.3) is 0 Å². The van der Waals surface area contributed by atoms with Gasteiger partial charge in [-0.25, -0.2) is 0 Å². The molecule has 0 aliphatic carbocycles. The molecule has 0 fully saturated rings. The van der Waals surface area contributed by atoms with E-state index in [1.165, 1.54) is 71.3 Å². The van der Waals surface area contributed by atoms with Crippen LogP contribution >= 0.6 is 0 Å². The molecule has 0 heterocycles. The van der Waals surface area contributed by atoms with Gasteiger partial charge in [-0.05, 0) is 6.42 Å². The van der Waals surface area contributed by atoms with Crippen molar-refractivity contribution in [1.29, 1.82) is 0 Å². The maximum absolute atomic E-state index is 10.9. The molecule has 0 atom stereocenters. The molecule has 0 N–H and O–H groups in total. The van der Waals surface area contributed by atoms with Crippen molar-refractivity contribution in [2.75, 3.05) is 99.6 Å². The molecule has 0 aromatic rings. The molecule has 0 saturated carbocycles. The standard InChI is InChI=1S/C29H58O9/c1-3-4-5-6-7-8-9-10-11-12-13-15-32-17-19-34-21-23-36-25-27-38-28-26-37-24-22-35-20-18-33-16-14-29(30)31-2/h3-28H2,1-2H3. The summed E-state index contributed by atoms with van der Waals surface area (Å²) >= 11 is 0. The van der Waals surface area contributed by atoms with Gasteiger partial charge in [0.05, 0.1) is 99.4 Å². The van der Waals surface area contributed by atoms with Gasteiger partial charge in [-0.3, -0.25) is 4.79 Å². The van der Waals surface area contributed by atoms with Crippen LogP contribution in [0.25, 0.3) is 0 Å². The number of rotatable bonds is 33. The van der Waals surface area contributed by atoms with Gasteiger partial charge in [0, 0.05) is 6.61 Å². The second-order valence-electron chi connectivity index (χ2n) is 9.15. The molecule has 0 spiro atoms. The summed E-state index contributed by atoms with van der Waals surface area (Å²) in [6, 6.07) is 0. The fraction of sp³-hybridized carbons (Fsp3) is 0.966. The first-order valence-corrected chi connectivity index (χ1v) is 14.9. The van der Waals surface area contributed by atoms with E-state index in [0.29, 0.717) is 85.9 Å². The number of carbonyl (C=O) groups excluding carboxylic acids is 1. The van der Waals surface area contributed by atoms with Crippen molar-refractivity contribution >= 4 is 5.97 Å². The first kappa shape index (κ1) is 37.2. The molecule has 0 rings (SSSR count). The van der Waals surface area contributed by atoms with Crippen molar-refractivity contribution in [2.45, 2.75) is 84.0 Å². The predicted molar refractivity (Wildman–Crippen MR) is 149 cm³/mol. The number of ether oxygens (including phenoxy) is 8. The smallest absolute Gasteiger partial charge is 0.307 e. The number of unbranched alkanes of at least 4 members (excludes halogenated alkanes) is 10. The van der Waals surface area contributed by atoms with Crippen LogP contribution in [0.1, 0.15) is 84.0 Å². The maximum Gasteiger partial charge on any atom is 0.307 e. The highest BCUT2D eigenvalue weighted by molar-refractivity contribution is 5.69. The zero-order chi connectivity index (χ0) is 27.6. The van der Waals surface area contributed by atoms with E-state index in [0.717, 1.165) is 13.0 Å². The van der Waals surface area contributed by atoms with Crippen molar-refractivity contribution in [1.82, 2.24) is 0 Å². The Morgan fingerprint density at radius 3 is 1.03 bits per heavy atom. The van der Waals surface area contributed by atoms with Crippen LogP contribution in [-0.2, 0) is 42.7 Å². The number of carbonyl (C=O) groups is 1. The Balaban J connectivity index is 3.03. The summed E-state index contributed by atoms with van der Waals surface area (Å²) in [5.74, 6) is -0.275. The fourth-order valence-electron chi connectivity index (χ4n) is 3.55. The number of esters is 1. The lowest BCUT2D eigenvalue weighted by molar-refractivity contribution is -0.141. The van der Waals surface area contributed by atoms with Gasteiger partial charge in [0.15, 0.2) is 0 Å². The number of hydrogen-bond donors (Lipinski definition) is 0. The van der Waals surface area contributed by atoms with Gasteiger partial charge in [-0.2, -0.15) is 0 Å². The van der Waals surface area contributed by atoms with E-state index in [4.69, 9.17) is 33.2 Å². The molecule has 228 valence electrons. The van der Waals surface area contributed by atoms with E-state index < -0.39 is 0 Å². The normalized spacial score (nSPS) is 11.3. The largest absolute Gasteiger partial charge is 0.469 e. The topological polar surface area (TPSA) is 90.9 Å². The Morgan fingerprint density at radius 1 is 0.395 bits per heavy atom. The average Bonchev–Trinajstić information content (AvgIpc) is 2.93. The monoisotopic (exact) mass is 550 g/mol. The summed E-state index contributed by atoms with van der Waals surface area (Å²) in [6.07, 6.45) is 15.1. The van der Waals surface area contributed by atoms with Gasteiger partial charge in [-0.15, -0.1) is 0 Å². The summed E-state index contributed by atoms with van der Waals surface area (Å²) < 4.78 is 42.7. The average molecular weight is 551 g/mol. The summed E-state index contributed by atoms with van der Waals surface area (Å²) in [5, 5.41) is 0. The number of methoxy groups -OCH3 is 1. The quantitative estimate of drug-likeness (QED) is 0.0829. The van der Waals surface area contributed by atoms with Crippen molar-refractivity contribution < 1.29 is 42.7 Å². The first-order chi connectivity index (χ1) is 18.8. The molecule has 9 nitrogen and oxygen atoms in total. The van der Waals surface area contributed by atoms with Crippen LogP contribution < -0.4 is 0 Å². The van der Waals surface area contributed by atoms with E-state index in [9.17, 15) is 4.79 Å². The molecule has 38 heavy (non-hydrogen) atoms. The van der Waals surface area contributed by atoms with E-state index in [2.05, 4.69) is 11.7 Å². The molecule has 0 aromatic heterocycles. The van der Waals surface area contributed by atoms with E-state index in [-0.39, 0.29) is 12.4 Å². The van der Waals surface area contributed by atoms with Crippen LogP contribution in [0, 0.1) is 0 Å². The highest BCUT2D eigenvalue weighted by Crippen LogP contribution is 2.11. The lowest BCUT2D eigenvalue weighted by Gasteiger charge is -2.08. The van der Waals surface area contributed by atoms with Gasteiger partial charge >= 0.3 is 5.97 Å². The van der Waals surface area contributed by atoms with Crippen LogP contribution in [0.15, 0.2) is 0 Å². The molecular formula is C29H58O9. The minimum absolute atomic E-state index is 0.257. The number of hydrogen-bond acceptors (Lipinski definition) is 9. The van der Waals surface area contributed by atoms with E-state index >= 15 is 0 Å². The molecule has 0 saturated heterocycles. The van der Waals surface area contributed by atoms with Crippen LogP contribution in [0.2, 0.25) is 0 Å². The van der Waals surface area contributed by atoms with Crippen molar-refractivity contribution in [3.8, 4) is 0 Å². The highest BCUT2D eigenvalue weighted by Gasteiger charge is 1.99. The molecule has 0 bridgehead atoms. The zero-order valence-corrected chi connectivity index (χ0v) is 24.6. The van der Waals surface area contributed by atoms with Gasteiger partial charge in [0.1, 0.15) is 0 Å².